The van der Waals surface area contributed by atoms with Gasteiger partial charge in [0.05, 0.1) is 4.90 Å². The Hall–Kier alpha value is -1.07. The van der Waals surface area contributed by atoms with E-state index < -0.39 is 10.0 Å². The van der Waals surface area contributed by atoms with E-state index in [1.165, 1.54) is 0 Å². The lowest BCUT2D eigenvalue weighted by molar-refractivity contribution is 0.252. The van der Waals surface area contributed by atoms with Crippen molar-refractivity contribution in [2.24, 2.45) is 11.3 Å². The molecule has 118 valence electrons. The maximum absolute atomic E-state index is 12.7. The second-order valence-corrected chi connectivity index (χ2v) is 8.87. The number of nitrogen functional groups attached to an aromatic ring is 1. The van der Waals surface area contributed by atoms with Gasteiger partial charge >= 0.3 is 0 Å². The van der Waals surface area contributed by atoms with Crippen molar-refractivity contribution in [3.8, 4) is 0 Å². The summed E-state index contributed by atoms with van der Waals surface area (Å²) in [6.45, 7) is 9.71. The Balaban J connectivity index is 2.25. The van der Waals surface area contributed by atoms with E-state index in [1.54, 1.807) is 16.4 Å². The summed E-state index contributed by atoms with van der Waals surface area (Å²) >= 11 is 0. The molecule has 1 aromatic rings. The Kier molecular flexibility index (Phi) is 4.36. The van der Waals surface area contributed by atoms with Crippen LogP contribution >= 0.6 is 0 Å². The summed E-state index contributed by atoms with van der Waals surface area (Å²) in [6, 6.07) is 5.09. The Morgan fingerprint density at radius 2 is 2.00 bits per heavy atom. The van der Waals surface area contributed by atoms with Crippen LogP contribution in [-0.2, 0) is 16.4 Å². The Morgan fingerprint density at radius 1 is 1.33 bits per heavy atom. The largest absolute Gasteiger partial charge is 0.398 e. The monoisotopic (exact) mass is 310 g/mol. The minimum Gasteiger partial charge on any atom is -0.398 e. The Bertz CT molecular complexity index is 618. The molecule has 0 spiro atoms. The van der Waals surface area contributed by atoms with E-state index in [-0.39, 0.29) is 5.41 Å². The number of nitrogens with zero attached hydrogens (tertiary/aromatic N) is 1. The van der Waals surface area contributed by atoms with Crippen molar-refractivity contribution in [3.05, 3.63) is 23.8 Å². The van der Waals surface area contributed by atoms with Crippen LogP contribution in [0.5, 0.6) is 0 Å². The molecule has 1 heterocycles. The third-order valence-corrected chi connectivity index (χ3v) is 6.37. The normalized spacial score (nSPS) is 20.9. The summed E-state index contributed by atoms with van der Waals surface area (Å²) in [7, 11) is -3.43. The highest BCUT2D eigenvalue weighted by Crippen LogP contribution is 2.36. The number of aryl methyl sites for hydroxylation is 1. The third-order valence-electron chi connectivity index (χ3n) is 4.51. The van der Waals surface area contributed by atoms with E-state index in [4.69, 9.17) is 5.73 Å². The molecule has 0 aliphatic carbocycles. The lowest BCUT2D eigenvalue weighted by Crippen LogP contribution is -2.31. The molecule has 1 aliphatic heterocycles. The number of hydrogen-bond acceptors (Lipinski definition) is 3. The summed E-state index contributed by atoms with van der Waals surface area (Å²) in [5, 5.41) is 0. The van der Waals surface area contributed by atoms with Gasteiger partial charge in [0.25, 0.3) is 0 Å². The molecule has 2 rings (SSSR count). The van der Waals surface area contributed by atoms with E-state index in [9.17, 15) is 8.42 Å². The van der Waals surface area contributed by atoms with Crippen LogP contribution in [0.1, 0.15) is 39.7 Å². The molecule has 0 radical (unpaired) electrons. The molecule has 5 heteroatoms. The van der Waals surface area contributed by atoms with E-state index >= 15 is 0 Å². The molecule has 1 aliphatic rings. The molecule has 1 saturated heterocycles. The Labute approximate surface area is 128 Å². The van der Waals surface area contributed by atoms with Gasteiger partial charge in [-0.05, 0) is 41.9 Å². The van der Waals surface area contributed by atoms with Gasteiger partial charge in [-0.15, -0.1) is 0 Å². The molecule has 0 amide bonds. The molecule has 1 aromatic carbocycles. The van der Waals surface area contributed by atoms with E-state index in [0.717, 1.165) is 18.4 Å². The fourth-order valence-corrected chi connectivity index (χ4v) is 4.39. The van der Waals surface area contributed by atoms with Gasteiger partial charge in [0.2, 0.25) is 10.0 Å². The molecule has 0 aromatic heterocycles. The second-order valence-electron chi connectivity index (χ2n) is 6.93. The first-order valence-electron chi connectivity index (χ1n) is 7.55. The number of nitrogens with two attached hydrogens (primary N) is 1. The third kappa shape index (κ3) is 3.24. The van der Waals surface area contributed by atoms with Gasteiger partial charge in [-0.25, -0.2) is 8.42 Å². The highest BCUT2D eigenvalue weighted by atomic mass is 32.2. The first-order chi connectivity index (χ1) is 9.66. The van der Waals surface area contributed by atoms with Gasteiger partial charge in [-0.2, -0.15) is 4.31 Å². The quantitative estimate of drug-likeness (QED) is 0.873. The smallest absolute Gasteiger partial charge is 0.243 e. The topological polar surface area (TPSA) is 63.4 Å². The van der Waals surface area contributed by atoms with Crippen molar-refractivity contribution in [1.29, 1.82) is 0 Å². The fraction of sp³-hybridized carbons (Fsp3) is 0.625. The zero-order valence-electron chi connectivity index (χ0n) is 13.4. The average Bonchev–Trinajstić information content (AvgIpc) is 2.88. The fourth-order valence-electron chi connectivity index (χ4n) is 2.86. The lowest BCUT2D eigenvalue weighted by Gasteiger charge is -2.27. The summed E-state index contributed by atoms with van der Waals surface area (Å²) in [6.07, 6.45) is 1.73. The van der Waals surface area contributed by atoms with Gasteiger partial charge in [-0.3, -0.25) is 0 Å². The SMILES string of the molecule is CCc1ccc(S(=O)(=O)N2CCC(C(C)(C)C)C2)cc1N. The summed E-state index contributed by atoms with van der Waals surface area (Å²) in [5.41, 5.74) is 7.62. The lowest BCUT2D eigenvalue weighted by atomic mass is 9.80. The molecule has 1 fully saturated rings. The van der Waals surface area contributed by atoms with Crippen LogP contribution in [-0.4, -0.2) is 25.8 Å². The standard InChI is InChI=1S/C16H26N2O2S/c1-5-12-6-7-14(10-15(12)17)21(19,20)18-9-8-13(11-18)16(2,3)4/h6-7,10,13H,5,8-9,11,17H2,1-4H3. The van der Waals surface area contributed by atoms with E-state index in [0.29, 0.717) is 29.6 Å². The first-order valence-corrected chi connectivity index (χ1v) is 8.99. The predicted molar refractivity (Wildman–Crippen MR) is 86.6 cm³/mol. The number of benzene rings is 1. The van der Waals surface area contributed by atoms with Crippen LogP contribution in [0.25, 0.3) is 0 Å². The number of anilines is 1. The second kappa shape index (κ2) is 5.61. The van der Waals surface area contributed by atoms with Crippen molar-refractivity contribution in [2.75, 3.05) is 18.8 Å². The highest BCUT2D eigenvalue weighted by Gasteiger charge is 2.37. The predicted octanol–water partition coefficient (Wildman–Crippen LogP) is 2.89. The Morgan fingerprint density at radius 3 is 2.48 bits per heavy atom. The number of rotatable bonds is 3. The van der Waals surface area contributed by atoms with Crippen LogP contribution < -0.4 is 5.73 Å². The average molecular weight is 310 g/mol. The van der Waals surface area contributed by atoms with Crippen molar-refractivity contribution >= 4 is 15.7 Å². The summed E-state index contributed by atoms with van der Waals surface area (Å²) in [4.78, 5) is 0.312. The van der Waals surface area contributed by atoms with Crippen LogP contribution in [0.15, 0.2) is 23.1 Å². The molecule has 0 bridgehead atoms. The maximum atomic E-state index is 12.7. The summed E-state index contributed by atoms with van der Waals surface area (Å²) in [5.74, 6) is 0.402. The molecule has 1 unspecified atom stereocenters. The number of hydrogen-bond donors (Lipinski definition) is 1. The zero-order chi connectivity index (χ0) is 15.8. The van der Waals surface area contributed by atoms with Crippen LogP contribution in [0, 0.1) is 11.3 Å². The summed E-state index contributed by atoms with van der Waals surface area (Å²) < 4.78 is 27.1. The van der Waals surface area contributed by atoms with Gasteiger partial charge in [-0.1, -0.05) is 33.8 Å². The van der Waals surface area contributed by atoms with Gasteiger partial charge in [0, 0.05) is 18.8 Å². The maximum Gasteiger partial charge on any atom is 0.243 e. The molecule has 21 heavy (non-hydrogen) atoms. The van der Waals surface area contributed by atoms with Crippen molar-refractivity contribution < 1.29 is 8.42 Å². The van der Waals surface area contributed by atoms with Crippen molar-refractivity contribution in [2.45, 2.75) is 45.4 Å². The van der Waals surface area contributed by atoms with Crippen molar-refractivity contribution in [1.82, 2.24) is 4.31 Å². The molecular formula is C16H26N2O2S. The molecule has 1 atom stereocenters. The van der Waals surface area contributed by atoms with Crippen molar-refractivity contribution in [3.63, 3.8) is 0 Å². The van der Waals surface area contributed by atoms with Gasteiger partial charge < -0.3 is 5.73 Å². The first kappa shape index (κ1) is 16.3. The minimum atomic E-state index is -3.43. The van der Waals surface area contributed by atoms with Gasteiger partial charge in [0.1, 0.15) is 0 Å². The van der Waals surface area contributed by atoms with Gasteiger partial charge in [0.15, 0.2) is 0 Å². The van der Waals surface area contributed by atoms with E-state index in [2.05, 4.69) is 20.8 Å². The molecule has 2 N–H and O–H groups in total. The molecule has 4 nitrogen and oxygen atoms in total. The molecular weight excluding hydrogens is 284 g/mol. The van der Waals surface area contributed by atoms with Crippen LogP contribution in [0.2, 0.25) is 0 Å². The minimum absolute atomic E-state index is 0.134. The molecule has 0 saturated carbocycles. The van der Waals surface area contributed by atoms with E-state index in [1.807, 2.05) is 13.0 Å². The van der Waals surface area contributed by atoms with Crippen LogP contribution in [0.4, 0.5) is 5.69 Å². The highest BCUT2D eigenvalue weighted by molar-refractivity contribution is 7.89. The number of sulfonamides is 1. The van der Waals surface area contributed by atoms with Crippen LogP contribution in [0.3, 0.4) is 0 Å². The zero-order valence-corrected chi connectivity index (χ0v) is 14.2.